The molecule has 1 aliphatic carbocycles. The zero-order valence-electron chi connectivity index (χ0n) is 26.5. The molecule has 11 nitrogen and oxygen atoms in total. The van der Waals surface area contributed by atoms with Gasteiger partial charge in [-0.15, -0.1) is 0 Å². The predicted octanol–water partition coefficient (Wildman–Crippen LogP) is 3.10. The van der Waals surface area contributed by atoms with Gasteiger partial charge in [0.25, 0.3) is 0 Å². The molecule has 2 aliphatic heterocycles. The summed E-state index contributed by atoms with van der Waals surface area (Å²) in [4.78, 5) is 0.464. The van der Waals surface area contributed by atoms with Crippen LogP contribution in [0.1, 0.15) is 37.7 Å². The number of aliphatic hydroxyl groups is 1. The minimum absolute atomic E-state index is 0.00891. The van der Waals surface area contributed by atoms with E-state index in [1.165, 1.54) is 10.4 Å². The van der Waals surface area contributed by atoms with Gasteiger partial charge in [-0.05, 0) is 79.6 Å². The molecule has 0 aromatic heterocycles. The van der Waals surface area contributed by atoms with E-state index < -0.39 is 31.6 Å². The Kier molecular flexibility index (Phi) is 9.96. The third-order valence-corrected chi connectivity index (χ3v) is 13.5. The van der Waals surface area contributed by atoms with Gasteiger partial charge in [0.05, 0.1) is 34.4 Å². The van der Waals surface area contributed by atoms with Gasteiger partial charge < -0.3 is 30.4 Å². The number of hydrogen-bond acceptors (Lipinski definition) is 10. The van der Waals surface area contributed by atoms with E-state index in [0.717, 1.165) is 11.1 Å². The fraction of sp³-hybridized carbons (Fsp3) is 0.471. The number of aliphatic hydroxyl groups excluding tert-OH is 1. The molecule has 3 aliphatic rings. The molecule has 1 saturated carbocycles. The van der Waals surface area contributed by atoms with Gasteiger partial charge in [-0.1, -0.05) is 30.3 Å². The molecule has 3 aromatic rings. The van der Waals surface area contributed by atoms with Crippen molar-refractivity contribution in [3.8, 4) is 22.6 Å². The van der Waals surface area contributed by atoms with E-state index >= 15 is 0 Å². The number of rotatable bonds is 13. The number of nitrogens with zero attached hydrogens (tertiary/aromatic N) is 1. The monoisotopic (exact) mass is 685 g/mol. The second-order valence-corrected chi connectivity index (χ2v) is 16.8. The Balaban J connectivity index is 0.999. The molecule has 6 rings (SSSR count). The highest BCUT2D eigenvalue weighted by molar-refractivity contribution is 7.92. The Morgan fingerprint density at radius 2 is 1.77 bits per heavy atom. The molecule has 3 fully saturated rings. The van der Waals surface area contributed by atoms with Crippen LogP contribution in [0.15, 0.2) is 76.5 Å². The summed E-state index contributed by atoms with van der Waals surface area (Å²) in [5.41, 5.74) is 7.84. The molecule has 4 N–H and O–H groups in total. The summed E-state index contributed by atoms with van der Waals surface area (Å²) < 4.78 is 71.5. The van der Waals surface area contributed by atoms with E-state index in [1.807, 2.05) is 24.3 Å². The molecule has 0 radical (unpaired) electrons. The second-order valence-electron chi connectivity index (χ2n) is 12.7. The van der Waals surface area contributed by atoms with Crippen LogP contribution in [0.3, 0.4) is 0 Å². The number of nitrogens with two attached hydrogens (primary N) is 1. The average molecular weight is 686 g/mol. The van der Waals surface area contributed by atoms with E-state index in [0.29, 0.717) is 75.4 Å². The molecular weight excluding hydrogens is 643 g/mol. The molecule has 2 saturated heterocycles. The predicted molar refractivity (Wildman–Crippen MR) is 178 cm³/mol. The summed E-state index contributed by atoms with van der Waals surface area (Å²) in [6, 6.07) is 19.1. The van der Waals surface area contributed by atoms with Gasteiger partial charge in [0.1, 0.15) is 24.2 Å². The highest BCUT2D eigenvalue weighted by Crippen LogP contribution is 2.39. The zero-order chi connectivity index (χ0) is 33.2. The average Bonchev–Trinajstić information content (AvgIpc) is 3.89. The first-order valence-corrected chi connectivity index (χ1v) is 19.0. The van der Waals surface area contributed by atoms with Gasteiger partial charge in [0.2, 0.25) is 10.0 Å². The highest BCUT2D eigenvalue weighted by Gasteiger charge is 2.45. The van der Waals surface area contributed by atoms with Crippen LogP contribution in [-0.2, 0) is 31.1 Å². The number of sulfone groups is 1. The summed E-state index contributed by atoms with van der Waals surface area (Å²) >= 11 is 0. The van der Waals surface area contributed by atoms with Gasteiger partial charge in [-0.2, -0.15) is 4.31 Å². The van der Waals surface area contributed by atoms with Crippen molar-refractivity contribution in [2.45, 2.75) is 71.4 Å². The Bertz CT molecular complexity index is 1770. The van der Waals surface area contributed by atoms with Crippen LogP contribution in [0.2, 0.25) is 0 Å². The van der Waals surface area contributed by atoms with Crippen LogP contribution in [0, 0.1) is 0 Å². The molecule has 3 aromatic carbocycles. The van der Waals surface area contributed by atoms with Crippen molar-refractivity contribution >= 4 is 19.9 Å². The first kappa shape index (κ1) is 33.8. The normalized spacial score (nSPS) is 20.7. The van der Waals surface area contributed by atoms with Crippen LogP contribution in [-0.4, -0.2) is 89.2 Å². The lowest BCUT2D eigenvalue weighted by Gasteiger charge is -2.38. The SMILES string of the molecule is COc1ccc(S(=O)(=O)N2CCC3(CC2)C[C@H](NC[C@H](O)COc2cccc(S(=O)(=O)C4CC4)c2)CO3)cc1-c1ccc(CN)cc1. The number of nitrogens with one attached hydrogen (secondary N) is 1. The third-order valence-electron chi connectivity index (χ3n) is 9.33. The lowest BCUT2D eigenvalue weighted by atomic mass is 9.88. The molecular formula is C34H43N3O8S2. The summed E-state index contributed by atoms with van der Waals surface area (Å²) in [7, 11) is -5.50. The largest absolute Gasteiger partial charge is 0.496 e. The van der Waals surface area contributed by atoms with Crippen LogP contribution in [0.5, 0.6) is 11.5 Å². The van der Waals surface area contributed by atoms with Gasteiger partial charge >= 0.3 is 0 Å². The van der Waals surface area contributed by atoms with Gasteiger partial charge in [0.15, 0.2) is 9.84 Å². The minimum Gasteiger partial charge on any atom is -0.496 e. The lowest BCUT2D eigenvalue weighted by Crippen LogP contribution is -2.47. The summed E-state index contributed by atoms with van der Waals surface area (Å²) in [6.07, 6.45) is 2.42. The fourth-order valence-corrected chi connectivity index (χ4v) is 9.52. The molecule has 13 heteroatoms. The standard InChI is InChI=1S/C34H43N3O8S2/c1-43-33-12-11-31(18-32(33)25-7-5-24(20-35)6-8-25)47(41,42)37-15-13-34(14-16-37)19-26(22-45-34)36-21-27(38)23-44-28-3-2-4-30(17-28)46(39,40)29-9-10-29/h2-8,11-12,17-18,26-27,29,36,38H,9-10,13-16,19-23,35H2,1H3/t26-,27-/m0/s1. The molecule has 47 heavy (non-hydrogen) atoms. The molecule has 2 heterocycles. The minimum atomic E-state index is -3.75. The summed E-state index contributed by atoms with van der Waals surface area (Å²) in [5.74, 6) is 0.993. The van der Waals surface area contributed by atoms with Gasteiger partial charge in [-0.3, -0.25) is 0 Å². The Morgan fingerprint density at radius 3 is 2.45 bits per heavy atom. The van der Waals surface area contributed by atoms with Crippen molar-refractivity contribution in [2.75, 3.05) is 40.0 Å². The molecule has 2 atom stereocenters. The van der Waals surface area contributed by atoms with E-state index in [2.05, 4.69) is 5.32 Å². The van der Waals surface area contributed by atoms with Gasteiger partial charge in [0, 0.05) is 37.8 Å². The van der Waals surface area contributed by atoms with E-state index in [9.17, 15) is 21.9 Å². The number of ether oxygens (including phenoxy) is 3. The highest BCUT2D eigenvalue weighted by atomic mass is 32.2. The van der Waals surface area contributed by atoms with Crippen LogP contribution in [0.4, 0.5) is 0 Å². The Morgan fingerprint density at radius 1 is 1.02 bits per heavy atom. The topological polar surface area (TPSA) is 157 Å². The van der Waals surface area contributed by atoms with Crippen LogP contribution in [0.25, 0.3) is 11.1 Å². The maximum absolute atomic E-state index is 13.7. The summed E-state index contributed by atoms with van der Waals surface area (Å²) in [5, 5.41) is 13.6. The van der Waals surface area contributed by atoms with E-state index in [-0.39, 0.29) is 34.2 Å². The number of methoxy groups -OCH3 is 1. The number of sulfonamides is 1. The van der Waals surface area contributed by atoms with Crippen LogP contribution >= 0.6 is 0 Å². The van der Waals surface area contributed by atoms with Crippen molar-refractivity contribution in [3.63, 3.8) is 0 Å². The number of benzene rings is 3. The van der Waals surface area contributed by atoms with Crippen molar-refractivity contribution in [2.24, 2.45) is 5.73 Å². The Hall–Kier alpha value is -3.04. The number of piperidine rings is 1. The van der Waals surface area contributed by atoms with Crippen molar-refractivity contribution in [1.82, 2.24) is 9.62 Å². The smallest absolute Gasteiger partial charge is 0.243 e. The zero-order valence-corrected chi connectivity index (χ0v) is 28.1. The molecule has 1 spiro atoms. The fourth-order valence-electron chi connectivity index (χ4n) is 6.37. The van der Waals surface area contributed by atoms with Crippen molar-refractivity contribution in [3.05, 3.63) is 72.3 Å². The Labute approximate surface area is 277 Å². The van der Waals surface area contributed by atoms with E-state index in [4.69, 9.17) is 19.9 Å². The molecule has 0 bridgehead atoms. The van der Waals surface area contributed by atoms with Crippen molar-refractivity contribution in [1.29, 1.82) is 0 Å². The maximum Gasteiger partial charge on any atom is 0.243 e. The first-order valence-electron chi connectivity index (χ1n) is 16.0. The lowest BCUT2D eigenvalue weighted by molar-refractivity contribution is -0.0312. The van der Waals surface area contributed by atoms with Gasteiger partial charge in [-0.25, -0.2) is 16.8 Å². The third kappa shape index (κ3) is 7.51. The summed E-state index contributed by atoms with van der Waals surface area (Å²) in [6.45, 7) is 1.86. The van der Waals surface area contributed by atoms with E-state index in [1.54, 1.807) is 43.5 Å². The quantitative estimate of drug-likeness (QED) is 0.244. The van der Waals surface area contributed by atoms with Crippen LogP contribution < -0.4 is 20.5 Å². The molecule has 0 amide bonds. The van der Waals surface area contributed by atoms with Crippen molar-refractivity contribution < 1.29 is 36.2 Å². The maximum atomic E-state index is 13.7. The molecule has 254 valence electrons. The molecule has 0 unspecified atom stereocenters. The second kappa shape index (κ2) is 13.8. The first-order chi connectivity index (χ1) is 22.5. The number of hydrogen-bond donors (Lipinski definition) is 3.